The van der Waals surface area contributed by atoms with E-state index in [1.54, 1.807) is 23.9 Å². The minimum atomic E-state index is -0.700. The van der Waals surface area contributed by atoms with E-state index >= 15 is 0 Å². The molecule has 1 saturated heterocycles. The molecular formula is C18H20FN7O. The maximum Gasteiger partial charge on any atom is 0.174 e. The van der Waals surface area contributed by atoms with Crippen LogP contribution in [0.15, 0.2) is 36.7 Å². The number of rotatable bonds is 4. The maximum absolute atomic E-state index is 13.7. The van der Waals surface area contributed by atoms with Crippen molar-refractivity contribution in [2.45, 2.75) is 0 Å². The zero-order valence-electron chi connectivity index (χ0n) is 14.9. The second-order valence-electron chi connectivity index (χ2n) is 6.23. The molecule has 9 heteroatoms. The van der Waals surface area contributed by atoms with Gasteiger partial charge in [0.1, 0.15) is 5.69 Å². The molecule has 0 bridgehead atoms. The predicted molar refractivity (Wildman–Crippen MR) is 101 cm³/mol. The Kier molecular flexibility index (Phi) is 4.59. The van der Waals surface area contributed by atoms with Crippen molar-refractivity contribution in [3.63, 3.8) is 0 Å². The van der Waals surface area contributed by atoms with Crippen LogP contribution in [0, 0.1) is 5.82 Å². The molecule has 0 spiro atoms. The summed E-state index contributed by atoms with van der Waals surface area (Å²) in [6, 6.07) is 6.04. The Morgan fingerprint density at radius 3 is 2.81 bits per heavy atom. The number of nitrogens with one attached hydrogen (secondary N) is 2. The number of halogens is 1. The SMILES string of the molecule is CNc1nnc(-c2cccc(F)c2O)cc1-n1cc(N2CCNCC2)cn1. The lowest BCUT2D eigenvalue weighted by molar-refractivity contribution is 0.434. The highest BCUT2D eigenvalue weighted by Crippen LogP contribution is 2.32. The van der Waals surface area contributed by atoms with E-state index in [9.17, 15) is 9.50 Å². The van der Waals surface area contributed by atoms with Gasteiger partial charge in [-0.05, 0) is 18.2 Å². The summed E-state index contributed by atoms with van der Waals surface area (Å²) in [5, 5.41) is 29.1. The van der Waals surface area contributed by atoms with Crippen LogP contribution in [0.3, 0.4) is 0 Å². The Balaban J connectivity index is 1.73. The molecule has 3 heterocycles. The van der Waals surface area contributed by atoms with Gasteiger partial charge in [0.15, 0.2) is 17.4 Å². The fraction of sp³-hybridized carbons (Fsp3) is 0.278. The summed E-state index contributed by atoms with van der Waals surface area (Å²) in [5.41, 5.74) is 2.32. The van der Waals surface area contributed by atoms with Crippen LogP contribution < -0.4 is 15.5 Å². The van der Waals surface area contributed by atoms with E-state index in [1.165, 1.54) is 12.1 Å². The van der Waals surface area contributed by atoms with E-state index in [0.717, 1.165) is 31.9 Å². The van der Waals surface area contributed by atoms with Gasteiger partial charge in [-0.1, -0.05) is 6.07 Å². The molecule has 3 aromatic rings. The van der Waals surface area contributed by atoms with E-state index in [-0.39, 0.29) is 5.56 Å². The minimum Gasteiger partial charge on any atom is -0.504 e. The first kappa shape index (κ1) is 17.2. The van der Waals surface area contributed by atoms with E-state index in [4.69, 9.17) is 0 Å². The van der Waals surface area contributed by atoms with Crippen molar-refractivity contribution in [3.05, 3.63) is 42.5 Å². The van der Waals surface area contributed by atoms with Gasteiger partial charge in [-0.2, -0.15) is 5.10 Å². The lowest BCUT2D eigenvalue weighted by atomic mass is 10.1. The molecule has 140 valence electrons. The summed E-state index contributed by atoms with van der Waals surface area (Å²) in [4.78, 5) is 2.26. The van der Waals surface area contributed by atoms with E-state index < -0.39 is 11.6 Å². The number of benzene rings is 1. The second kappa shape index (κ2) is 7.20. The summed E-state index contributed by atoms with van der Waals surface area (Å²) < 4.78 is 15.4. The largest absolute Gasteiger partial charge is 0.504 e. The molecule has 1 aliphatic rings. The Morgan fingerprint density at radius 2 is 2.04 bits per heavy atom. The fourth-order valence-electron chi connectivity index (χ4n) is 3.12. The molecule has 0 saturated carbocycles. The normalized spacial score (nSPS) is 14.4. The number of anilines is 2. The van der Waals surface area contributed by atoms with Crippen molar-refractivity contribution in [1.82, 2.24) is 25.3 Å². The molecule has 1 aliphatic heterocycles. The number of aromatic nitrogens is 4. The van der Waals surface area contributed by atoms with E-state index in [2.05, 4.69) is 30.8 Å². The summed E-state index contributed by atoms with van der Waals surface area (Å²) in [5.74, 6) is -0.616. The minimum absolute atomic E-state index is 0.279. The summed E-state index contributed by atoms with van der Waals surface area (Å²) in [6.45, 7) is 3.71. The van der Waals surface area contributed by atoms with Gasteiger partial charge >= 0.3 is 0 Å². The standard InChI is InChI=1S/C18H20FN7O/c1-20-18-16(26-11-12(10-22-26)25-7-5-21-6-8-25)9-15(23-24-18)13-3-2-4-14(19)17(13)27/h2-4,9-11,21,27H,5-8H2,1H3,(H,20,24). The molecule has 1 fully saturated rings. The highest BCUT2D eigenvalue weighted by molar-refractivity contribution is 5.71. The molecule has 3 N–H and O–H groups in total. The van der Waals surface area contributed by atoms with Crippen LogP contribution in [0.2, 0.25) is 0 Å². The van der Waals surface area contributed by atoms with Crippen LogP contribution in [-0.4, -0.2) is 58.3 Å². The number of phenolic OH excluding ortho intramolecular Hbond substituents is 1. The Labute approximate surface area is 155 Å². The Morgan fingerprint density at radius 1 is 1.22 bits per heavy atom. The predicted octanol–water partition coefficient (Wildman–Crippen LogP) is 1.63. The highest BCUT2D eigenvalue weighted by Gasteiger charge is 2.17. The van der Waals surface area contributed by atoms with Crippen molar-refractivity contribution >= 4 is 11.5 Å². The van der Waals surface area contributed by atoms with Gasteiger partial charge in [-0.15, -0.1) is 10.2 Å². The van der Waals surface area contributed by atoms with Crippen LogP contribution in [0.1, 0.15) is 0 Å². The number of para-hydroxylation sites is 1. The Hall–Kier alpha value is -3.20. The van der Waals surface area contributed by atoms with Crippen molar-refractivity contribution in [2.24, 2.45) is 0 Å². The third-order valence-corrected chi connectivity index (χ3v) is 4.57. The zero-order valence-corrected chi connectivity index (χ0v) is 14.9. The second-order valence-corrected chi connectivity index (χ2v) is 6.23. The fourth-order valence-corrected chi connectivity index (χ4v) is 3.12. The zero-order chi connectivity index (χ0) is 18.8. The van der Waals surface area contributed by atoms with E-state index in [0.29, 0.717) is 17.2 Å². The monoisotopic (exact) mass is 369 g/mol. The molecule has 2 aromatic heterocycles. The van der Waals surface area contributed by atoms with Gasteiger partial charge in [0, 0.05) is 38.8 Å². The molecule has 0 aliphatic carbocycles. The first-order valence-electron chi connectivity index (χ1n) is 8.71. The molecule has 0 radical (unpaired) electrons. The third kappa shape index (κ3) is 3.28. The summed E-state index contributed by atoms with van der Waals surface area (Å²) in [7, 11) is 1.74. The van der Waals surface area contributed by atoms with Crippen molar-refractivity contribution < 1.29 is 9.50 Å². The highest BCUT2D eigenvalue weighted by atomic mass is 19.1. The quantitative estimate of drug-likeness (QED) is 0.644. The average molecular weight is 369 g/mol. The number of phenols is 1. The van der Waals surface area contributed by atoms with Crippen LogP contribution in [-0.2, 0) is 0 Å². The van der Waals surface area contributed by atoms with Gasteiger partial charge in [-0.3, -0.25) is 0 Å². The molecule has 4 rings (SSSR count). The van der Waals surface area contributed by atoms with Gasteiger partial charge in [-0.25, -0.2) is 9.07 Å². The van der Waals surface area contributed by atoms with Crippen molar-refractivity contribution in [1.29, 1.82) is 0 Å². The number of hydrogen-bond donors (Lipinski definition) is 3. The molecule has 27 heavy (non-hydrogen) atoms. The molecule has 0 atom stereocenters. The number of aromatic hydroxyl groups is 1. The smallest absolute Gasteiger partial charge is 0.174 e. The molecule has 0 amide bonds. The van der Waals surface area contributed by atoms with Crippen molar-refractivity contribution in [3.8, 4) is 22.7 Å². The maximum atomic E-state index is 13.7. The molecule has 8 nitrogen and oxygen atoms in total. The van der Waals surface area contributed by atoms with Gasteiger partial charge in [0.2, 0.25) is 0 Å². The van der Waals surface area contributed by atoms with Crippen LogP contribution in [0.5, 0.6) is 5.75 Å². The van der Waals surface area contributed by atoms with Crippen LogP contribution >= 0.6 is 0 Å². The average Bonchev–Trinajstić information content (AvgIpc) is 3.20. The molecule has 1 aromatic carbocycles. The number of hydrogen-bond acceptors (Lipinski definition) is 7. The van der Waals surface area contributed by atoms with E-state index in [1.807, 2.05) is 12.4 Å². The van der Waals surface area contributed by atoms with Crippen LogP contribution in [0.25, 0.3) is 16.9 Å². The lowest BCUT2D eigenvalue weighted by Gasteiger charge is -2.27. The lowest BCUT2D eigenvalue weighted by Crippen LogP contribution is -2.43. The van der Waals surface area contributed by atoms with Gasteiger partial charge in [0.25, 0.3) is 0 Å². The summed E-state index contributed by atoms with van der Waals surface area (Å²) in [6.07, 6.45) is 3.74. The first-order valence-corrected chi connectivity index (χ1v) is 8.71. The van der Waals surface area contributed by atoms with Crippen molar-refractivity contribution in [2.75, 3.05) is 43.4 Å². The summed E-state index contributed by atoms with van der Waals surface area (Å²) >= 11 is 0. The van der Waals surface area contributed by atoms with Crippen LogP contribution in [0.4, 0.5) is 15.9 Å². The van der Waals surface area contributed by atoms with Gasteiger partial charge in [0.05, 0.1) is 23.8 Å². The third-order valence-electron chi connectivity index (χ3n) is 4.57. The Bertz CT molecular complexity index is 953. The molecule has 0 unspecified atom stereocenters. The first-order chi connectivity index (χ1) is 13.2. The number of piperazine rings is 1. The topological polar surface area (TPSA) is 91.1 Å². The van der Waals surface area contributed by atoms with Gasteiger partial charge < -0.3 is 20.6 Å². The number of nitrogens with zero attached hydrogens (tertiary/aromatic N) is 5. The molecular weight excluding hydrogens is 349 g/mol.